The molecule has 0 bridgehead atoms. The summed E-state index contributed by atoms with van der Waals surface area (Å²) in [4.78, 5) is 24.1. The van der Waals surface area contributed by atoms with Gasteiger partial charge in [-0.25, -0.2) is 4.68 Å². The van der Waals surface area contributed by atoms with Crippen molar-refractivity contribution in [2.24, 2.45) is 5.73 Å². The lowest BCUT2D eigenvalue weighted by Crippen LogP contribution is -2.37. The Labute approximate surface area is 98.8 Å². The normalized spacial score (nSPS) is 10.1. The number of nitrogens with zero attached hydrogens (tertiary/aromatic N) is 4. The Balaban J connectivity index is 2.37. The highest BCUT2D eigenvalue weighted by Crippen LogP contribution is 1.90. The Hall–Kier alpha value is -1.96. The van der Waals surface area contributed by atoms with E-state index in [1.54, 1.807) is 20.3 Å². The fraction of sp³-hybridized carbons (Fsp3) is 0.556. The maximum Gasteiger partial charge on any atom is 0.242 e. The van der Waals surface area contributed by atoms with Gasteiger partial charge in [0.2, 0.25) is 11.8 Å². The minimum atomic E-state index is -0.298. The molecule has 0 aliphatic rings. The number of amides is 2. The van der Waals surface area contributed by atoms with Crippen LogP contribution in [0, 0.1) is 0 Å². The second kappa shape index (κ2) is 5.94. The summed E-state index contributed by atoms with van der Waals surface area (Å²) in [5.41, 5.74) is 5.97. The highest BCUT2D eigenvalue weighted by Gasteiger charge is 2.08. The van der Waals surface area contributed by atoms with Gasteiger partial charge in [-0.1, -0.05) is 5.21 Å². The number of likely N-dealkylation sites (N-methyl/N-ethyl adjacent to an activating group) is 1. The van der Waals surface area contributed by atoms with Gasteiger partial charge in [-0.2, -0.15) is 0 Å². The SMILES string of the molecule is CN(C)C(=O)CNC(=O)Cn1cc(CN)nn1. The Morgan fingerprint density at radius 1 is 1.53 bits per heavy atom. The summed E-state index contributed by atoms with van der Waals surface area (Å²) in [5.74, 6) is -0.465. The van der Waals surface area contributed by atoms with Crippen molar-refractivity contribution in [3.05, 3.63) is 11.9 Å². The van der Waals surface area contributed by atoms with Crippen LogP contribution in [-0.2, 0) is 22.7 Å². The smallest absolute Gasteiger partial charge is 0.242 e. The molecular formula is C9H16N6O2. The summed E-state index contributed by atoms with van der Waals surface area (Å²) in [6, 6.07) is 0. The lowest BCUT2D eigenvalue weighted by molar-refractivity contribution is -0.131. The van der Waals surface area contributed by atoms with Crippen molar-refractivity contribution in [2.45, 2.75) is 13.1 Å². The van der Waals surface area contributed by atoms with E-state index in [4.69, 9.17) is 5.73 Å². The van der Waals surface area contributed by atoms with E-state index in [1.807, 2.05) is 0 Å². The quantitative estimate of drug-likeness (QED) is 0.615. The van der Waals surface area contributed by atoms with Gasteiger partial charge in [0.1, 0.15) is 6.54 Å². The second-order valence-electron chi connectivity index (χ2n) is 3.68. The summed E-state index contributed by atoms with van der Waals surface area (Å²) < 4.78 is 1.37. The van der Waals surface area contributed by atoms with Crippen molar-refractivity contribution < 1.29 is 9.59 Å². The van der Waals surface area contributed by atoms with Gasteiger partial charge in [0.25, 0.3) is 0 Å². The predicted molar refractivity (Wildman–Crippen MR) is 59.6 cm³/mol. The zero-order valence-corrected chi connectivity index (χ0v) is 9.88. The number of carbonyl (C=O) groups is 2. The maximum absolute atomic E-state index is 11.4. The molecule has 1 rings (SSSR count). The third kappa shape index (κ3) is 4.19. The Morgan fingerprint density at radius 2 is 2.24 bits per heavy atom. The van der Waals surface area contributed by atoms with Crippen molar-refractivity contribution in [3.63, 3.8) is 0 Å². The summed E-state index contributed by atoms with van der Waals surface area (Å²) in [7, 11) is 3.25. The summed E-state index contributed by atoms with van der Waals surface area (Å²) in [6.07, 6.45) is 1.59. The lowest BCUT2D eigenvalue weighted by atomic mass is 10.4. The number of hydrogen-bond donors (Lipinski definition) is 2. The second-order valence-corrected chi connectivity index (χ2v) is 3.68. The fourth-order valence-corrected chi connectivity index (χ4v) is 1.04. The summed E-state index contributed by atoms with van der Waals surface area (Å²) in [5, 5.41) is 9.95. The standard InChI is InChI=1S/C9H16N6O2/c1-14(2)9(17)4-11-8(16)6-15-5-7(3-10)12-13-15/h5H,3-4,6,10H2,1-2H3,(H,11,16). The van der Waals surface area contributed by atoms with Crippen molar-refractivity contribution in [2.75, 3.05) is 20.6 Å². The molecule has 8 heteroatoms. The van der Waals surface area contributed by atoms with Gasteiger partial charge < -0.3 is 16.0 Å². The van der Waals surface area contributed by atoms with Crippen LogP contribution in [-0.4, -0.2) is 52.3 Å². The molecule has 0 fully saturated rings. The van der Waals surface area contributed by atoms with Crippen LogP contribution in [0.15, 0.2) is 6.20 Å². The third-order valence-corrected chi connectivity index (χ3v) is 2.04. The number of hydrogen-bond acceptors (Lipinski definition) is 5. The minimum Gasteiger partial charge on any atom is -0.347 e. The lowest BCUT2D eigenvalue weighted by Gasteiger charge is -2.10. The van der Waals surface area contributed by atoms with Crippen LogP contribution in [0.2, 0.25) is 0 Å². The maximum atomic E-state index is 11.4. The van der Waals surface area contributed by atoms with Crippen molar-refractivity contribution in [1.82, 2.24) is 25.2 Å². The summed E-state index contributed by atoms with van der Waals surface area (Å²) >= 11 is 0. The molecule has 0 saturated carbocycles. The zero-order valence-electron chi connectivity index (χ0n) is 9.88. The first-order chi connectivity index (χ1) is 8.02. The Bertz CT molecular complexity index is 400. The van der Waals surface area contributed by atoms with E-state index >= 15 is 0 Å². The van der Waals surface area contributed by atoms with E-state index in [1.165, 1.54) is 9.58 Å². The topological polar surface area (TPSA) is 106 Å². The minimum absolute atomic E-state index is 0.0215. The van der Waals surface area contributed by atoms with E-state index in [9.17, 15) is 9.59 Å². The molecule has 0 saturated heterocycles. The van der Waals surface area contributed by atoms with Crippen LogP contribution < -0.4 is 11.1 Å². The molecule has 17 heavy (non-hydrogen) atoms. The van der Waals surface area contributed by atoms with Crippen LogP contribution in [0.25, 0.3) is 0 Å². The molecule has 1 aromatic heterocycles. The van der Waals surface area contributed by atoms with Crippen LogP contribution >= 0.6 is 0 Å². The molecule has 2 amide bonds. The molecule has 8 nitrogen and oxygen atoms in total. The van der Waals surface area contributed by atoms with E-state index in [0.717, 1.165) is 0 Å². The van der Waals surface area contributed by atoms with E-state index in [-0.39, 0.29) is 31.4 Å². The highest BCUT2D eigenvalue weighted by atomic mass is 16.2. The number of nitrogens with one attached hydrogen (secondary N) is 1. The van der Waals surface area contributed by atoms with E-state index in [2.05, 4.69) is 15.6 Å². The van der Waals surface area contributed by atoms with E-state index < -0.39 is 0 Å². The van der Waals surface area contributed by atoms with E-state index in [0.29, 0.717) is 5.69 Å². The molecule has 0 radical (unpaired) electrons. The van der Waals surface area contributed by atoms with Gasteiger partial charge in [-0.3, -0.25) is 9.59 Å². The van der Waals surface area contributed by atoms with Crippen molar-refractivity contribution in [3.8, 4) is 0 Å². The largest absolute Gasteiger partial charge is 0.347 e. The molecule has 1 heterocycles. The number of carbonyl (C=O) groups excluding carboxylic acids is 2. The molecule has 0 unspecified atom stereocenters. The average molecular weight is 240 g/mol. The van der Waals surface area contributed by atoms with Gasteiger partial charge in [-0.05, 0) is 0 Å². The Morgan fingerprint density at radius 3 is 2.76 bits per heavy atom. The molecule has 0 spiro atoms. The molecule has 0 aliphatic carbocycles. The molecule has 0 aliphatic heterocycles. The van der Waals surface area contributed by atoms with Crippen LogP contribution in [0.3, 0.4) is 0 Å². The van der Waals surface area contributed by atoms with Crippen LogP contribution in [0.1, 0.15) is 5.69 Å². The van der Waals surface area contributed by atoms with Gasteiger partial charge in [0.15, 0.2) is 0 Å². The van der Waals surface area contributed by atoms with Crippen LogP contribution in [0.5, 0.6) is 0 Å². The molecule has 3 N–H and O–H groups in total. The van der Waals surface area contributed by atoms with Gasteiger partial charge >= 0.3 is 0 Å². The summed E-state index contributed by atoms with van der Waals surface area (Å²) in [6.45, 7) is 0.277. The highest BCUT2D eigenvalue weighted by molar-refractivity contribution is 5.84. The Kier molecular flexibility index (Phi) is 4.58. The average Bonchev–Trinajstić information content (AvgIpc) is 2.73. The predicted octanol–water partition coefficient (Wildman–Crippen LogP) is -2.06. The van der Waals surface area contributed by atoms with Gasteiger partial charge in [-0.15, -0.1) is 5.10 Å². The first-order valence-corrected chi connectivity index (χ1v) is 5.09. The molecule has 1 aromatic rings. The first kappa shape index (κ1) is 13.1. The molecule has 0 atom stereocenters. The molecule has 94 valence electrons. The monoisotopic (exact) mass is 240 g/mol. The van der Waals surface area contributed by atoms with Gasteiger partial charge in [0, 0.05) is 20.6 Å². The third-order valence-electron chi connectivity index (χ3n) is 2.04. The molecular weight excluding hydrogens is 224 g/mol. The fourth-order valence-electron chi connectivity index (χ4n) is 1.04. The zero-order chi connectivity index (χ0) is 12.8. The molecule has 0 aromatic carbocycles. The van der Waals surface area contributed by atoms with Gasteiger partial charge in [0.05, 0.1) is 18.4 Å². The number of aromatic nitrogens is 3. The van der Waals surface area contributed by atoms with Crippen molar-refractivity contribution >= 4 is 11.8 Å². The first-order valence-electron chi connectivity index (χ1n) is 5.09. The number of rotatable bonds is 5. The number of nitrogens with two attached hydrogens (primary N) is 1. The van der Waals surface area contributed by atoms with Crippen molar-refractivity contribution in [1.29, 1.82) is 0 Å². The van der Waals surface area contributed by atoms with Crippen LogP contribution in [0.4, 0.5) is 0 Å².